The van der Waals surface area contributed by atoms with Gasteiger partial charge in [-0.1, -0.05) is 0 Å². The van der Waals surface area contributed by atoms with Crippen molar-refractivity contribution in [1.29, 1.82) is 0 Å². The third-order valence-corrected chi connectivity index (χ3v) is 2.73. The molecule has 1 aliphatic rings. The minimum atomic E-state index is 0.587. The molecular formula is C10H18N4. The lowest BCUT2D eigenvalue weighted by Gasteiger charge is -2.24. The Morgan fingerprint density at radius 2 is 2.36 bits per heavy atom. The SMILES string of the molecule is CCn1ccnc1NC1CCNCC1. The number of nitrogens with zero attached hydrogens (tertiary/aromatic N) is 2. The molecule has 2 heterocycles. The molecule has 4 heteroatoms. The van der Waals surface area contributed by atoms with Gasteiger partial charge in [0.2, 0.25) is 5.95 Å². The van der Waals surface area contributed by atoms with Crippen LogP contribution in [-0.2, 0) is 6.54 Å². The Morgan fingerprint density at radius 1 is 1.57 bits per heavy atom. The number of aryl methyl sites for hydroxylation is 1. The van der Waals surface area contributed by atoms with Crippen LogP contribution in [0.15, 0.2) is 12.4 Å². The van der Waals surface area contributed by atoms with Crippen LogP contribution in [0.25, 0.3) is 0 Å². The second-order valence-corrected chi connectivity index (χ2v) is 3.71. The highest BCUT2D eigenvalue weighted by Gasteiger charge is 2.14. The van der Waals surface area contributed by atoms with Crippen LogP contribution >= 0.6 is 0 Å². The van der Waals surface area contributed by atoms with E-state index in [1.807, 2.05) is 12.4 Å². The molecule has 0 unspecified atom stereocenters. The fourth-order valence-corrected chi connectivity index (χ4v) is 1.85. The molecule has 0 saturated carbocycles. The maximum atomic E-state index is 4.31. The number of imidazole rings is 1. The second-order valence-electron chi connectivity index (χ2n) is 3.71. The lowest BCUT2D eigenvalue weighted by Crippen LogP contribution is -2.35. The summed E-state index contributed by atoms with van der Waals surface area (Å²) in [5.41, 5.74) is 0. The third-order valence-electron chi connectivity index (χ3n) is 2.73. The fourth-order valence-electron chi connectivity index (χ4n) is 1.85. The zero-order valence-corrected chi connectivity index (χ0v) is 8.66. The molecule has 1 saturated heterocycles. The van der Waals surface area contributed by atoms with Gasteiger partial charge in [-0.05, 0) is 32.9 Å². The molecule has 78 valence electrons. The monoisotopic (exact) mass is 194 g/mol. The number of rotatable bonds is 3. The summed E-state index contributed by atoms with van der Waals surface area (Å²) in [5.74, 6) is 1.01. The molecular weight excluding hydrogens is 176 g/mol. The van der Waals surface area contributed by atoms with Crippen molar-refractivity contribution >= 4 is 5.95 Å². The van der Waals surface area contributed by atoms with Crippen molar-refractivity contribution in [3.8, 4) is 0 Å². The molecule has 0 radical (unpaired) electrons. The van der Waals surface area contributed by atoms with Crippen LogP contribution in [-0.4, -0.2) is 28.7 Å². The molecule has 0 bridgehead atoms. The molecule has 4 nitrogen and oxygen atoms in total. The van der Waals surface area contributed by atoms with Crippen molar-refractivity contribution in [2.75, 3.05) is 18.4 Å². The average Bonchev–Trinajstić information content (AvgIpc) is 2.67. The molecule has 0 aliphatic carbocycles. The van der Waals surface area contributed by atoms with Crippen molar-refractivity contribution < 1.29 is 0 Å². The number of nitrogens with one attached hydrogen (secondary N) is 2. The molecule has 0 atom stereocenters. The zero-order valence-electron chi connectivity index (χ0n) is 8.66. The van der Waals surface area contributed by atoms with Crippen molar-refractivity contribution in [3.05, 3.63) is 12.4 Å². The van der Waals surface area contributed by atoms with Gasteiger partial charge in [0.05, 0.1) is 0 Å². The zero-order chi connectivity index (χ0) is 9.80. The van der Waals surface area contributed by atoms with Crippen molar-refractivity contribution in [3.63, 3.8) is 0 Å². The van der Waals surface area contributed by atoms with Crippen molar-refractivity contribution in [2.45, 2.75) is 32.4 Å². The summed E-state index contributed by atoms with van der Waals surface area (Å²) in [6.45, 7) is 5.34. The number of hydrogen-bond acceptors (Lipinski definition) is 3. The van der Waals surface area contributed by atoms with E-state index in [1.165, 1.54) is 12.8 Å². The highest BCUT2D eigenvalue weighted by atomic mass is 15.2. The summed E-state index contributed by atoms with van der Waals surface area (Å²) < 4.78 is 2.14. The first-order valence-electron chi connectivity index (χ1n) is 5.38. The van der Waals surface area contributed by atoms with Crippen LogP contribution in [0.3, 0.4) is 0 Å². The Labute approximate surface area is 84.7 Å². The van der Waals surface area contributed by atoms with Gasteiger partial charge in [-0.2, -0.15) is 0 Å². The summed E-state index contributed by atoms with van der Waals surface area (Å²) in [5, 5.41) is 6.85. The molecule has 1 fully saturated rings. The van der Waals surface area contributed by atoms with Gasteiger partial charge in [-0.15, -0.1) is 0 Å². The number of aromatic nitrogens is 2. The van der Waals surface area contributed by atoms with E-state index in [1.54, 1.807) is 0 Å². The van der Waals surface area contributed by atoms with Crippen LogP contribution in [0, 0.1) is 0 Å². The van der Waals surface area contributed by atoms with Crippen LogP contribution in [0.5, 0.6) is 0 Å². The predicted molar refractivity (Wildman–Crippen MR) is 57.4 cm³/mol. The van der Waals surface area contributed by atoms with Crippen LogP contribution in [0.2, 0.25) is 0 Å². The Balaban J connectivity index is 1.95. The van der Waals surface area contributed by atoms with Gasteiger partial charge < -0.3 is 15.2 Å². The summed E-state index contributed by atoms with van der Waals surface area (Å²) in [6, 6.07) is 0.587. The summed E-state index contributed by atoms with van der Waals surface area (Å²) in [6.07, 6.45) is 6.25. The maximum absolute atomic E-state index is 4.31. The molecule has 2 N–H and O–H groups in total. The summed E-state index contributed by atoms with van der Waals surface area (Å²) in [7, 11) is 0. The van der Waals surface area contributed by atoms with Crippen molar-refractivity contribution in [2.24, 2.45) is 0 Å². The Kier molecular flexibility index (Phi) is 3.03. The molecule has 1 aromatic rings. The van der Waals surface area contributed by atoms with E-state index < -0.39 is 0 Å². The first-order valence-corrected chi connectivity index (χ1v) is 5.38. The number of piperidine rings is 1. The van der Waals surface area contributed by atoms with E-state index in [-0.39, 0.29) is 0 Å². The molecule has 14 heavy (non-hydrogen) atoms. The van der Waals surface area contributed by atoms with Gasteiger partial charge in [0.25, 0.3) is 0 Å². The largest absolute Gasteiger partial charge is 0.353 e. The molecule has 1 aliphatic heterocycles. The first kappa shape index (κ1) is 9.52. The van der Waals surface area contributed by atoms with Crippen LogP contribution < -0.4 is 10.6 Å². The smallest absolute Gasteiger partial charge is 0.202 e. The Morgan fingerprint density at radius 3 is 3.07 bits per heavy atom. The number of anilines is 1. The molecule has 0 aromatic carbocycles. The Hall–Kier alpha value is -1.03. The fraction of sp³-hybridized carbons (Fsp3) is 0.700. The van der Waals surface area contributed by atoms with E-state index in [0.29, 0.717) is 6.04 Å². The lowest BCUT2D eigenvalue weighted by atomic mass is 10.1. The van der Waals surface area contributed by atoms with E-state index in [4.69, 9.17) is 0 Å². The van der Waals surface area contributed by atoms with Gasteiger partial charge in [-0.25, -0.2) is 4.98 Å². The van der Waals surface area contributed by atoms with E-state index in [2.05, 4.69) is 27.1 Å². The topological polar surface area (TPSA) is 41.9 Å². The van der Waals surface area contributed by atoms with Gasteiger partial charge in [-0.3, -0.25) is 0 Å². The standard InChI is InChI=1S/C10H18N4/c1-2-14-8-7-12-10(14)13-9-3-5-11-6-4-9/h7-9,11H,2-6H2,1H3,(H,12,13). The highest BCUT2D eigenvalue weighted by Crippen LogP contribution is 2.11. The Bertz CT molecular complexity index is 275. The minimum Gasteiger partial charge on any atom is -0.353 e. The van der Waals surface area contributed by atoms with Crippen LogP contribution in [0.4, 0.5) is 5.95 Å². The molecule has 0 amide bonds. The second kappa shape index (κ2) is 4.46. The highest BCUT2D eigenvalue weighted by molar-refractivity contribution is 5.27. The summed E-state index contributed by atoms with van der Waals surface area (Å²) >= 11 is 0. The average molecular weight is 194 g/mol. The van der Waals surface area contributed by atoms with E-state index in [9.17, 15) is 0 Å². The lowest BCUT2D eigenvalue weighted by molar-refractivity contribution is 0.475. The van der Waals surface area contributed by atoms with Gasteiger partial charge in [0, 0.05) is 25.0 Å². The van der Waals surface area contributed by atoms with E-state index in [0.717, 1.165) is 25.6 Å². The van der Waals surface area contributed by atoms with Gasteiger partial charge in [0.1, 0.15) is 0 Å². The number of hydrogen-bond donors (Lipinski definition) is 2. The molecule has 1 aromatic heterocycles. The van der Waals surface area contributed by atoms with E-state index >= 15 is 0 Å². The quantitative estimate of drug-likeness (QED) is 0.756. The third kappa shape index (κ3) is 2.07. The van der Waals surface area contributed by atoms with Gasteiger partial charge in [0.15, 0.2) is 0 Å². The first-order chi connectivity index (χ1) is 6.90. The predicted octanol–water partition coefficient (Wildman–Crippen LogP) is 1.07. The minimum absolute atomic E-state index is 0.587. The normalized spacial score (nSPS) is 18.4. The maximum Gasteiger partial charge on any atom is 0.202 e. The summed E-state index contributed by atoms with van der Waals surface area (Å²) in [4.78, 5) is 4.31. The van der Waals surface area contributed by atoms with Gasteiger partial charge >= 0.3 is 0 Å². The van der Waals surface area contributed by atoms with Crippen LogP contribution in [0.1, 0.15) is 19.8 Å². The van der Waals surface area contributed by atoms with Crippen molar-refractivity contribution in [1.82, 2.24) is 14.9 Å². The molecule has 0 spiro atoms. The molecule has 2 rings (SSSR count).